The van der Waals surface area contributed by atoms with Crippen molar-refractivity contribution in [1.82, 2.24) is 31.2 Å². The predicted octanol–water partition coefficient (Wildman–Crippen LogP) is 1.22. The third-order valence-corrected chi connectivity index (χ3v) is 8.42. The molecule has 13 nitrogen and oxygen atoms in total. The maximum Gasteiger partial charge on any atom is 0.303 e. The molecule has 244 valence electrons. The highest BCUT2D eigenvalue weighted by atomic mass is 16.4. The minimum Gasteiger partial charge on any atom is -0.481 e. The van der Waals surface area contributed by atoms with E-state index < -0.39 is 72.1 Å². The summed E-state index contributed by atoms with van der Waals surface area (Å²) in [5, 5.41) is 21.3. The number of aromatic nitrogens is 1. The van der Waals surface area contributed by atoms with Gasteiger partial charge in [0.25, 0.3) is 0 Å². The number of carbonyl (C=O) groups excluding carboxylic acids is 5. The van der Waals surface area contributed by atoms with Crippen molar-refractivity contribution in [3.05, 3.63) is 36.0 Å². The molecule has 1 aromatic carbocycles. The van der Waals surface area contributed by atoms with E-state index in [0.717, 1.165) is 16.5 Å². The Morgan fingerprint density at radius 2 is 1.56 bits per heavy atom. The lowest BCUT2D eigenvalue weighted by Gasteiger charge is -2.30. The summed E-state index contributed by atoms with van der Waals surface area (Å²) in [6.45, 7) is 7.59. The van der Waals surface area contributed by atoms with Crippen LogP contribution in [0.4, 0.5) is 0 Å². The van der Waals surface area contributed by atoms with Gasteiger partial charge < -0.3 is 36.3 Å². The molecule has 3 heterocycles. The Morgan fingerprint density at radius 3 is 2.24 bits per heavy atom. The molecule has 5 atom stereocenters. The van der Waals surface area contributed by atoms with Crippen LogP contribution in [0.5, 0.6) is 0 Å². The Hall–Kier alpha value is -4.42. The fourth-order valence-corrected chi connectivity index (χ4v) is 6.05. The predicted molar refractivity (Wildman–Crippen MR) is 166 cm³/mol. The van der Waals surface area contributed by atoms with Crippen LogP contribution in [0.3, 0.4) is 0 Å². The number of hydrogen-bond acceptors (Lipinski definition) is 6. The van der Waals surface area contributed by atoms with E-state index in [2.05, 4.69) is 26.3 Å². The molecule has 2 fully saturated rings. The Morgan fingerprint density at radius 1 is 0.889 bits per heavy atom. The minimum atomic E-state index is -1.25. The topological polar surface area (TPSA) is 190 Å². The molecule has 0 radical (unpaired) electrons. The van der Waals surface area contributed by atoms with Gasteiger partial charge in [0.05, 0.1) is 0 Å². The number of aliphatic carboxylic acids is 1. The normalized spacial score (nSPS) is 25.3. The largest absolute Gasteiger partial charge is 0.481 e. The van der Waals surface area contributed by atoms with Crippen molar-refractivity contribution in [2.24, 2.45) is 11.8 Å². The van der Waals surface area contributed by atoms with Crippen LogP contribution >= 0.6 is 0 Å². The van der Waals surface area contributed by atoms with Gasteiger partial charge in [-0.05, 0) is 49.1 Å². The van der Waals surface area contributed by atoms with E-state index in [-0.39, 0.29) is 37.6 Å². The number of nitrogens with one attached hydrogen (secondary N) is 5. The molecule has 0 aliphatic carbocycles. The first-order chi connectivity index (χ1) is 21.3. The maximum atomic E-state index is 13.9. The maximum absolute atomic E-state index is 13.9. The number of carboxylic acids is 1. The van der Waals surface area contributed by atoms with Gasteiger partial charge in [0.2, 0.25) is 29.5 Å². The highest BCUT2D eigenvalue weighted by molar-refractivity contribution is 5.98. The monoisotopic (exact) mass is 624 g/mol. The molecular weight excluding hydrogens is 580 g/mol. The quantitative estimate of drug-likeness (QED) is 0.254. The van der Waals surface area contributed by atoms with Crippen molar-refractivity contribution in [3.63, 3.8) is 0 Å². The number of hydrogen-bond donors (Lipinski definition) is 6. The van der Waals surface area contributed by atoms with Gasteiger partial charge in [-0.3, -0.25) is 28.8 Å². The Kier molecular flexibility index (Phi) is 10.8. The van der Waals surface area contributed by atoms with Gasteiger partial charge >= 0.3 is 5.97 Å². The van der Waals surface area contributed by atoms with E-state index in [4.69, 9.17) is 0 Å². The van der Waals surface area contributed by atoms with E-state index in [1.54, 1.807) is 20.0 Å². The number of H-pyrrole nitrogens is 1. The number of rotatable bonds is 8. The smallest absolute Gasteiger partial charge is 0.303 e. The number of para-hydroxylation sites is 1. The van der Waals surface area contributed by atoms with Gasteiger partial charge in [-0.25, -0.2) is 0 Å². The number of benzene rings is 1. The van der Waals surface area contributed by atoms with E-state index >= 15 is 0 Å². The standard InChI is InChI=1S/C32H44N6O7/c1-17(2)14-23-28(41)35-24(15-19-16-33-21-9-6-5-8-20(19)21)29(42)34-22(11-12-26(39)40)32(45)38-13-7-10-25(38)30(43)37-27(18(3)4)31(44)36-23/h5-6,8-9,16-18,22-25,27,33H,7,10-15H2,1-4H3,(H,34,42)(H,35,41)(H,36,44)(H,37,43)(H,39,40)/t22-,23-,24+,25-,27-/m0/s1. The first-order valence-electron chi connectivity index (χ1n) is 15.6. The molecule has 13 heteroatoms. The molecule has 0 unspecified atom stereocenters. The lowest BCUT2D eigenvalue weighted by molar-refractivity contribution is -0.143. The second kappa shape index (κ2) is 14.6. The fourth-order valence-electron chi connectivity index (χ4n) is 6.05. The zero-order valence-corrected chi connectivity index (χ0v) is 26.2. The van der Waals surface area contributed by atoms with E-state index in [9.17, 15) is 33.9 Å². The highest BCUT2D eigenvalue weighted by Crippen LogP contribution is 2.22. The van der Waals surface area contributed by atoms with Gasteiger partial charge in [0.15, 0.2) is 0 Å². The number of carboxylic acid groups (broad SMARTS) is 1. The van der Waals surface area contributed by atoms with Gasteiger partial charge in [0, 0.05) is 36.5 Å². The van der Waals surface area contributed by atoms with Crippen LogP contribution in [0, 0.1) is 11.8 Å². The molecule has 0 spiro atoms. The molecule has 1 aromatic heterocycles. The lowest BCUT2D eigenvalue weighted by Crippen LogP contribution is -2.59. The summed E-state index contributed by atoms with van der Waals surface area (Å²) in [5.74, 6) is -4.39. The molecule has 2 aliphatic rings. The van der Waals surface area contributed by atoms with E-state index in [0.29, 0.717) is 12.8 Å². The van der Waals surface area contributed by atoms with Crippen LogP contribution in [-0.2, 0) is 35.2 Å². The molecule has 2 aromatic rings. The number of carbonyl (C=O) groups is 6. The average Bonchev–Trinajstić information content (AvgIpc) is 3.63. The van der Waals surface area contributed by atoms with Crippen molar-refractivity contribution in [2.75, 3.05) is 6.54 Å². The van der Waals surface area contributed by atoms with Crippen molar-refractivity contribution in [3.8, 4) is 0 Å². The van der Waals surface area contributed by atoms with Gasteiger partial charge in [-0.1, -0.05) is 45.9 Å². The van der Waals surface area contributed by atoms with Gasteiger partial charge in [-0.2, -0.15) is 0 Å². The van der Waals surface area contributed by atoms with Crippen molar-refractivity contribution in [2.45, 2.75) is 96.4 Å². The molecule has 0 bridgehead atoms. The molecule has 4 rings (SSSR count). The fraction of sp³-hybridized carbons (Fsp3) is 0.562. The van der Waals surface area contributed by atoms with Crippen molar-refractivity contribution in [1.29, 1.82) is 0 Å². The molecule has 0 saturated carbocycles. The summed E-state index contributed by atoms with van der Waals surface area (Å²) < 4.78 is 0. The van der Waals surface area contributed by atoms with E-state index in [1.807, 2.05) is 38.1 Å². The minimum absolute atomic E-state index is 0.00110. The van der Waals surface area contributed by atoms with Crippen LogP contribution in [0.1, 0.15) is 65.4 Å². The number of amides is 5. The zero-order chi connectivity index (χ0) is 32.8. The first kappa shape index (κ1) is 33.5. The number of fused-ring (bicyclic) bond motifs is 2. The molecule has 6 N–H and O–H groups in total. The molecule has 45 heavy (non-hydrogen) atoms. The second-order valence-electron chi connectivity index (χ2n) is 12.7. The summed E-state index contributed by atoms with van der Waals surface area (Å²) in [6, 6.07) is 2.21. The second-order valence-corrected chi connectivity index (χ2v) is 12.7. The number of aromatic amines is 1. The van der Waals surface area contributed by atoms with Crippen LogP contribution in [0.25, 0.3) is 10.9 Å². The SMILES string of the molecule is CC(C)C[C@@H]1NC(=O)[C@H](C(C)C)NC(=O)[C@@H]2CCCN2C(=O)[C@H](CCC(=O)O)NC(=O)[C@@H](Cc2c[nH]c3ccccc23)NC1=O. The van der Waals surface area contributed by atoms with Gasteiger partial charge in [0.1, 0.15) is 30.2 Å². The lowest BCUT2D eigenvalue weighted by atomic mass is 9.98. The molecule has 2 aliphatic heterocycles. The Balaban J connectivity index is 1.76. The highest BCUT2D eigenvalue weighted by Gasteiger charge is 2.41. The van der Waals surface area contributed by atoms with E-state index in [1.165, 1.54) is 4.90 Å². The Labute approximate surface area is 262 Å². The summed E-state index contributed by atoms with van der Waals surface area (Å²) in [5.41, 5.74) is 1.59. The molecule has 5 amide bonds. The summed E-state index contributed by atoms with van der Waals surface area (Å²) in [6.07, 6.45) is 2.35. The van der Waals surface area contributed by atoms with Crippen molar-refractivity contribution >= 4 is 46.4 Å². The van der Waals surface area contributed by atoms with Crippen LogP contribution in [0.15, 0.2) is 30.5 Å². The summed E-state index contributed by atoms with van der Waals surface area (Å²) >= 11 is 0. The zero-order valence-electron chi connectivity index (χ0n) is 26.2. The summed E-state index contributed by atoms with van der Waals surface area (Å²) in [4.78, 5) is 84.6. The van der Waals surface area contributed by atoms with Crippen LogP contribution in [0.2, 0.25) is 0 Å². The first-order valence-corrected chi connectivity index (χ1v) is 15.6. The number of nitrogens with zero attached hydrogens (tertiary/aromatic N) is 1. The third-order valence-electron chi connectivity index (χ3n) is 8.42. The summed E-state index contributed by atoms with van der Waals surface area (Å²) in [7, 11) is 0. The Bertz CT molecular complexity index is 1440. The van der Waals surface area contributed by atoms with Crippen LogP contribution in [-0.4, -0.2) is 87.2 Å². The van der Waals surface area contributed by atoms with Crippen molar-refractivity contribution < 1.29 is 33.9 Å². The molecule has 2 saturated heterocycles. The average molecular weight is 625 g/mol. The molecular formula is C32H44N6O7. The van der Waals surface area contributed by atoms with Gasteiger partial charge in [-0.15, -0.1) is 0 Å². The third kappa shape index (κ3) is 8.20. The van der Waals surface area contributed by atoms with Crippen LogP contribution < -0.4 is 21.3 Å².